The number of piperazine rings is 1. The molecule has 1 saturated heterocycles. The highest BCUT2D eigenvalue weighted by Crippen LogP contribution is 2.29. The number of hydrogen-bond acceptors (Lipinski definition) is 4. The highest BCUT2D eigenvalue weighted by atomic mass is 35.5. The molecule has 1 aliphatic carbocycles. The summed E-state index contributed by atoms with van der Waals surface area (Å²) in [5.41, 5.74) is 3.25. The van der Waals surface area contributed by atoms with Gasteiger partial charge in [0, 0.05) is 62.4 Å². The summed E-state index contributed by atoms with van der Waals surface area (Å²) in [4.78, 5) is 29.6. The van der Waals surface area contributed by atoms with Gasteiger partial charge in [-0.25, -0.2) is 0 Å². The van der Waals surface area contributed by atoms with Crippen LogP contribution in [0, 0.1) is 24.2 Å². The SMILES string of the molecule is Cc1c(CC(=O)CCCC#N)cc(Cl)cc1CN1CCN(C(=O)C2CCCC2)[C@@H](C)C1. The number of carbonyl (C=O) groups excluding carboxylic acids is 2. The molecule has 31 heavy (non-hydrogen) atoms. The van der Waals surface area contributed by atoms with Crippen molar-refractivity contribution in [2.24, 2.45) is 5.92 Å². The Hall–Kier alpha value is -1.90. The van der Waals surface area contributed by atoms with Crippen LogP contribution in [0.25, 0.3) is 0 Å². The highest BCUT2D eigenvalue weighted by Gasteiger charge is 2.33. The number of rotatable bonds is 8. The standard InChI is InChI=1S/C25H34ClN3O2/c1-18-16-28(11-12-29(18)25(31)20-7-3-4-8-20)17-22-14-23(26)13-21(19(22)2)15-24(30)9-5-6-10-27/h13-14,18,20H,3-9,11-12,15-17H2,1-2H3/t18-/m0/s1. The largest absolute Gasteiger partial charge is 0.337 e. The minimum absolute atomic E-state index is 0.152. The topological polar surface area (TPSA) is 64.4 Å². The summed E-state index contributed by atoms with van der Waals surface area (Å²) in [5, 5.41) is 9.31. The number of carbonyl (C=O) groups is 2. The van der Waals surface area contributed by atoms with E-state index in [1.807, 2.05) is 12.1 Å². The fraction of sp³-hybridized carbons (Fsp3) is 0.640. The summed E-state index contributed by atoms with van der Waals surface area (Å²) in [6.45, 7) is 7.48. The zero-order chi connectivity index (χ0) is 22.4. The van der Waals surface area contributed by atoms with Gasteiger partial charge in [-0.15, -0.1) is 0 Å². The van der Waals surface area contributed by atoms with Crippen molar-refractivity contribution in [3.8, 4) is 6.07 Å². The predicted octanol–water partition coefficient (Wildman–Crippen LogP) is 4.68. The van der Waals surface area contributed by atoms with E-state index in [2.05, 4.69) is 29.7 Å². The van der Waals surface area contributed by atoms with E-state index in [9.17, 15) is 9.59 Å². The first-order chi connectivity index (χ1) is 14.9. The summed E-state index contributed by atoms with van der Waals surface area (Å²) in [6, 6.07) is 6.19. The van der Waals surface area contributed by atoms with Crippen molar-refractivity contribution >= 4 is 23.3 Å². The lowest BCUT2D eigenvalue weighted by molar-refractivity contribution is -0.140. The summed E-state index contributed by atoms with van der Waals surface area (Å²) < 4.78 is 0. The second-order valence-corrected chi connectivity index (χ2v) is 9.61. The molecule has 6 heteroatoms. The van der Waals surface area contributed by atoms with Gasteiger partial charge in [0.15, 0.2) is 0 Å². The molecule has 0 aromatic heterocycles. The molecule has 168 valence electrons. The molecule has 1 heterocycles. The molecule has 3 rings (SSSR count). The van der Waals surface area contributed by atoms with Crippen molar-refractivity contribution in [3.05, 3.63) is 33.8 Å². The fourth-order valence-electron chi connectivity index (χ4n) is 4.96. The van der Waals surface area contributed by atoms with Crippen LogP contribution in [0.5, 0.6) is 0 Å². The van der Waals surface area contributed by atoms with Gasteiger partial charge in [-0.05, 0) is 61.9 Å². The average Bonchev–Trinajstić information content (AvgIpc) is 3.26. The van der Waals surface area contributed by atoms with Crippen LogP contribution in [0.3, 0.4) is 0 Å². The van der Waals surface area contributed by atoms with Crippen LogP contribution in [-0.4, -0.2) is 47.2 Å². The number of benzene rings is 1. The van der Waals surface area contributed by atoms with E-state index < -0.39 is 0 Å². The van der Waals surface area contributed by atoms with E-state index in [0.717, 1.165) is 55.7 Å². The minimum atomic E-state index is 0.152. The molecule has 0 bridgehead atoms. The monoisotopic (exact) mass is 443 g/mol. The summed E-state index contributed by atoms with van der Waals surface area (Å²) >= 11 is 6.39. The molecular formula is C25H34ClN3O2. The van der Waals surface area contributed by atoms with Crippen molar-refractivity contribution < 1.29 is 9.59 Å². The Morgan fingerprint density at radius 3 is 2.58 bits per heavy atom. The number of nitrogens with zero attached hydrogens (tertiary/aromatic N) is 3. The van der Waals surface area contributed by atoms with Gasteiger partial charge in [-0.2, -0.15) is 5.26 Å². The first-order valence-corrected chi connectivity index (χ1v) is 12.0. The van der Waals surface area contributed by atoms with E-state index in [-0.39, 0.29) is 17.7 Å². The molecule has 5 nitrogen and oxygen atoms in total. The Bertz CT molecular complexity index is 842. The Kier molecular flexibility index (Phi) is 8.51. The van der Waals surface area contributed by atoms with E-state index in [4.69, 9.17) is 16.9 Å². The van der Waals surface area contributed by atoms with E-state index in [1.165, 1.54) is 12.8 Å². The van der Waals surface area contributed by atoms with Crippen LogP contribution in [0.1, 0.15) is 68.6 Å². The molecule has 2 aliphatic rings. The third-order valence-corrected chi connectivity index (χ3v) is 7.03. The predicted molar refractivity (Wildman–Crippen MR) is 123 cm³/mol. The Morgan fingerprint density at radius 1 is 1.19 bits per heavy atom. The van der Waals surface area contributed by atoms with E-state index >= 15 is 0 Å². The van der Waals surface area contributed by atoms with Gasteiger partial charge in [0.1, 0.15) is 5.78 Å². The maximum absolute atomic E-state index is 12.9. The third-order valence-electron chi connectivity index (χ3n) is 6.81. The summed E-state index contributed by atoms with van der Waals surface area (Å²) in [7, 11) is 0. The molecule has 0 radical (unpaired) electrons. The summed E-state index contributed by atoms with van der Waals surface area (Å²) in [5.74, 6) is 0.734. The van der Waals surface area contributed by atoms with Crippen molar-refractivity contribution in [2.45, 2.75) is 77.8 Å². The van der Waals surface area contributed by atoms with Gasteiger partial charge < -0.3 is 4.90 Å². The van der Waals surface area contributed by atoms with Crippen molar-refractivity contribution in [1.82, 2.24) is 9.80 Å². The van der Waals surface area contributed by atoms with E-state index in [0.29, 0.717) is 36.6 Å². The number of nitriles is 1. The smallest absolute Gasteiger partial charge is 0.226 e. The molecule has 1 atom stereocenters. The number of ketones is 1. The molecule has 1 aliphatic heterocycles. The fourth-order valence-corrected chi connectivity index (χ4v) is 5.23. The summed E-state index contributed by atoms with van der Waals surface area (Å²) in [6.07, 6.45) is 6.29. The lowest BCUT2D eigenvalue weighted by atomic mass is 9.96. The molecule has 0 spiro atoms. The van der Waals surface area contributed by atoms with Crippen LogP contribution in [0.2, 0.25) is 5.02 Å². The molecular weight excluding hydrogens is 410 g/mol. The van der Waals surface area contributed by atoms with Gasteiger partial charge in [0.05, 0.1) is 6.07 Å². The third kappa shape index (κ3) is 6.30. The first kappa shape index (κ1) is 23.8. The van der Waals surface area contributed by atoms with Gasteiger partial charge in [0.2, 0.25) is 5.91 Å². The first-order valence-electron chi connectivity index (χ1n) is 11.6. The van der Waals surface area contributed by atoms with Gasteiger partial charge in [0.25, 0.3) is 0 Å². The lowest BCUT2D eigenvalue weighted by Crippen LogP contribution is -2.54. The Balaban J connectivity index is 1.61. The molecule has 1 saturated carbocycles. The molecule has 1 aromatic carbocycles. The number of unbranched alkanes of at least 4 members (excludes halogenated alkanes) is 1. The zero-order valence-electron chi connectivity index (χ0n) is 18.8. The maximum Gasteiger partial charge on any atom is 0.226 e. The molecule has 1 aromatic rings. The van der Waals surface area contributed by atoms with Crippen LogP contribution >= 0.6 is 11.6 Å². The lowest BCUT2D eigenvalue weighted by Gasteiger charge is -2.41. The Morgan fingerprint density at radius 2 is 1.90 bits per heavy atom. The molecule has 0 N–H and O–H groups in total. The van der Waals surface area contributed by atoms with Crippen molar-refractivity contribution in [1.29, 1.82) is 5.26 Å². The van der Waals surface area contributed by atoms with Crippen LogP contribution < -0.4 is 0 Å². The highest BCUT2D eigenvalue weighted by molar-refractivity contribution is 6.30. The van der Waals surface area contributed by atoms with E-state index in [1.54, 1.807) is 0 Å². The van der Waals surface area contributed by atoms with Crippen molar-refractivity contribution in [2.75, 3.05) is 19.6 Å². The quantitative estimate of drug-likeness (QED) is 0.547. The number of halogens is 1. The molecule has 2 fully saturated rings. The van der Waals surface area contributed by atoms with Crippen LogP contribution in [0.4, 0.5) is 0 Å². The molecule has 0 unspecified atom stereocenters. The van der Waals surface area contributed by atoms with Gasteiger partial charge in [-0.1, -0.05) is 24.4 Å². The maximum atomic E-state index is 12.9. The second-order valence-electron chi connectivity index (χ2n) is 9.17. The normalized spacial score (nSPS) is 20.1. The average molecular weight is 444 g/mol. The van der Waals surface area contributed by atoms with Crippen molar-refractivity contribution in [3.63, 3.8) is 0 Å². The number of Topliss-reactive ketones (excluding diaryl/α,β-unsaturated/α-hetero) is 1. The second kappa shape index (κ2) is 11.1. The van der Waals surface area contributed by atoms with Crippen LogP contribution in [0.15, 0.2) is 12.1 Å². The van der Waals surface area contributed by atoms with Gasteiger partial charge >= 0.3 is 0 Å². The molecule has 1 amide bonds. The minimum Gasteiger partial charge on any atom is -0.337 e. The number of hydrogen-bond donors (Lipinski definition) is 0. The van der Waals surface area contributed by atoms with Crippen LogP contribution in [-0.2, 0) is 22.6 Å². The number of amides is 1. The zero-order valence-corrected chi connectivity index (χ0v) is 19.6. The Labute approximate surface area is 191 Å². The van der Waals surface area contributed by atoms with Gasteiger partial charge in [-0.3, -0.25) is 14.5 Å².